The highest BCUT2D eigenvalue weighted by Crippen LogP contribution is 2.15. The summed E-state index contributed by atoms with van der Waals surface area (Å²) < 4.78 is 10.3. The van der Waals surface area contributed by atoms with E-state index in [2.05, 4.69) is 10.3 Å². The number of rotatable bonds is 8. The van der Waals surface area contributed by atoms with E-state index in [-0.39, 0.29) is 12.3 Å². The van der Waals surface area contributed by atoms with Crippen LogP contribution in [-0.2, 0) is 9.53 Å². The van der Waals surface area contributed by atoms with E-state index in [4.69, 9.17) is 14.6 Å². The second-order valence-corrected chi connectivity index (χ2v) is 3.81. The zero-order chi connectivity index (χ0) is 15.0. The van der Waals surface area contributed by atoms with Crippen LogP contribution in [0.15, 0.2) is 18.3 Å². The van der Waals surface area contributed by atoms with Crippen LogP contribution in [0.25, 0.3) is 0 Å². The summed E-state index contributed by atoms with van der Waals surface area (Å²) in [6, 6.07) is 2.11. The summed E-state index contributed by atoms with van der Waals surface area (Å²) in [7, 11) is 0. The molecule has 0 bridgehead atoms. The van der Waals surface area contributed by atoms with Crippen molar-refractivity contribution in [2.45, 2.75) is 19.9 Å². The maximum Gasteiger partial charge on any atom is 0.328 e. The van der Waals surface area contributed by atoms with E-state index in [1.54, 1.807) is 26.0 Å². The molecular weight excluding hydrogens is 264 g/mol. The smallest absolute Gasteiger partial charge is 0.328 e. The minimum Gasteiger partial charge on any atom is -0.491 e. The fourth-order valence-electron chi connectivity index (χ4n) is 1.47. The normalized spacial score (nSPS) is 11.7. The first-order chi connectivity index (χ1) is 9.60. The molecule has 1 heterocycles. The van der Waals surface area contributed by atoms with Gasteiger partial charge in [-0.05, 0) is 26.0 Å². The van der Waals surface area contributed by atoms with Crippen molar-refractivity contribution in [2.75, 3.05) is 19.8 Å². The van der Waals surface area contributed by atoms with Crippen molar-refractivity contribution in [3.8, 4) is 5.75 Å². The molecule has 0 saturated heterocycles. The lowest BCUT2D eigenvalue weighted by molar-refractivity contribution is -0.140. The van der Waals surface area contributed by atoms with Crippen molar-refractivity contribution in [3.63, 3.8) is 0 Å². The number of carbonyl (C=O) groups is 2. The van der Waals surface area contributed by atoms with Crippen LogP contribution in [0, 0.1) is 0 Å². The summed E-state index contributed by atoms with van der Waals surface area (Å²) in [6.07, 6.45) is 1.44. The minimum atomic E-state index is -1.17. The zero-order valence-electron chi connectivity index (χ0n) is 11.5. The van der Waals surface area contributed by atoms with E-state index in [0.29, 0.717) is 19.0 Å². The molecule has 110 valence electrons. The van der Waals surface area contributed by atoms with Gasteiger partial charge in [0.15, 0.2) is 17.5 Å². The van der Waals surface area contributed by atoms with Crippen LogP contribution >= 0.6 is 0 Å². The molecule has 1 aromatic rings. The number of carboxylic acids is 1. The van der Waals surface area contributed by atoms with Crippen LogP contribution in [0.4, 0.5) is 0 Å². The topological polar surface area (TPSA) is 97.8 Å². The van der Waals surface area contributed by atoms with Gasteiger partial charge in [-0.25, -0.2) is 9.78 Å². The molecular formula is C13H18N2O5. The van der Waals surface area contributed by atoms with Crippen molar-refractivity contribution in [2.24, 2.45) is 0 Å². The van der Waals surface area contributed by atoms with Gasteiger partial charge in [-0.3, -0.25) is 4.79 Å². The largest absolute Gasteiger partial charge is 0.491 e. The van der Waals surface area contributed by atoms with Gasteiger partial charge >= 0.3 is 5.97 Å². The molecule has 1 aromatic heterocycles. The molecule has 7 heteroatoms. The third-order valence-electron chi connectivity index (χ3n) is 2.38. The summed E-state index contributed by atoms with van der Waals surface area (Å²) in [6.45, 7) is 4.17. The predicted octanol–water partition coefficient (Wildman–Crippen LogP) is 0.700. The summed E-state index contributed by atoms with van der Waals surface area (Å²) in [5, 5.41) is 11.4. The molecule has 0 aromatic carbocycles. The second-order valence-electron chi connectivity index (χ2n) is 3.81. The Morgan fingerprint density at radius 1 is 1.40 bits per heavy atom. The van der Waals surface area contributed by atoms with Crippen molar-refractivity contribution in [3.05, 3.63) is 24.0 Å². The van der Waals surface area contributed by atoms with Gasteiger partial charge in [-0.2, -0.15) is 0 Å². The number of nitrogens with one attached hydrogen (secondary N) is 1. The van der Waals surface area contributed by atoms with Crippen LogP contribution in [-0.4, -0.2) is 47.8 Å². The number of nitrogens with zero attached hydrogens (tertiary/aromatic N) is 1. The first-order valence-corrected chi connectivity index (χ1v) is 6.29. The van der Waals surface area contributed by atoms with Crippen molar-refractivity contribution in [1.82, 2.24) is 10.3 Å². The molecule has 0 radical (unpaired) electrons. The summed E-state index contributed by atoms with van der Waals surface area (Å²) >= 11 is 0. The number of pyridine rings is 1. The SMILES string of the molecule is CCOC[C@H](NC(=O)c1ncccc1OCC)C(=O)O. The fraction of sp³-hybridized carbons (Fsp3) is 0.462. The van der Waals surface area contributed by atoms with Crippen molar-refractivity contribution >= 4 is 11.9 Å². The summed E-state index contributed by atoms with van der Waals surface area (Å²) in [5.41, 5.74) is 0.0529. The molecule has 0 fully saturated rings. The van der Waals surface area contributed by atoms with Gasteiger partial charge in [-0.1, -0.05) is 0 Å². The second kappa shape index (κ2) is 8.11. The van der Waals surface area contributed by atoms with Crippen LogP contribution in [0.1, 0.15) is 24.3 Å². The number of aliphatic carboxylic acids is 1. The van der Waals surface area contributed by atoms with E-state index in [0.717, 1.165) is 0 Å². The Hall–Kier alpha value is -2.15. The Morgan fingerprint density at radius 3 is 2.75 bits per heavy atom. The van der Waals surface area contributed by atoms with E-state index < -0.39 is 17.9 Å². The monoisotopic (exact) mass is 282 g/mol. The molecule has 1 amide bonds. The molecule has 2 N–H and O–H groups in total. The lowest BCUT2D eigenvalue weighted by Crippen LogP contribution is -2.44. The number of amides is 1. The Labute approximate surface area is 116 Å². The predicted molar refractivity (Wildman–Crippen MR) is 70.8 cm³/mol. The zero-order valence-corrected chi connectivity index (χ0v) is 11.5. The minimum absolute atomic E-state index is 0.0529. The Balaban J connectivity index is 2.80. The number of carboxylic acid groups (broad SMARTS) is 1. The number of hydrogen-bond donors (Lipinski definition) is 2. The molecule has 0 spiro atoms. The Kier molecular flexibility index (Phi) is 6.45. The molecule has 1 rings (SSSR count). The molecule has 0 aliphatic rings. The van der Waals surface area contributed by atoms with Gasteiger partial charge in [-0.15, -0.1) is 0 Å². The van der Waals surface area contributed by atoms with Gasteiger partial charge in [0.2, 0.25) is 0 Å². The molecule has 0 saturated carbocycles. The van der Waals surface area contributed by atoms with Gasteiger partial charge < -0.3 is 19.9 Å². The number of carbonyl (C=O) groups excluding carboxylic acids is 1. The number of hydrogen-bond acceptors (Lipinski definition) is 5. The number of aromatic nitrogens is 1. The quantitative estimate of drug-likeness (QED) is 0.728. The molecule has 0 aliphatic carbocycles. The van der Waals surface area contributed by atoms with E-state index in [9.17, 15) is 9.59 Å². The third-order valence-corrected chi connectivity index (χ3v) is 2.38. The summed E-state index contributed by atoms with van der Waals surface area (Å²) in [4.78, 5) is 27.0. The van der Waals surface area contributed by atoms with E-state index >= 15 is 0 Å². The lowest BCUT2D eigenvalue weighted by Gasteiger charge is -2.15. The van der Waals surface area contributed by atoms with Gasteiger partial charge in [0.1, 0.15) is 0 Å². The first-order valence-electron chi connectivity index (χ1n) is 6.29. The van der Waals surface area contributed by atoms with Gasteiger partial charge in [0, 0.05) is 12.8 Å². The summed E-state index contributed by atoms with van der Waals surface area (Å²) in [5.74, 6) is -1.46. The van der Waals surface area contributed by atoms with Crippen molar-refractivity contribution in [1.29, 1.82) is 0 Å². The Bertz CT molecular complexity index is 464. The molecule has 20 heavy (non-hydrogen) atoms. The number of ether oxygens (including phenoxy) is 2. The third kappa shape index (κ3) is 4.51. The highest BCUT2D eigenvalue weighted by molar-refractivity contribution is 5.97. The lowest BCUT2D eigenvalue weighted by atomic mass is 10.2. The van der Waals surface area contributed by atoms with Crippen LogP contribution in [0.3, 0.4) is 0 Å². The molecule has 1 atom stereocenters. The average molecular weight is 282 g/mol. The fourth-order valence-corrected chi connectivity index (χ4v) is 1.47. The van der Waals surface area contributed by atoms with Crippen LogP contribution < -0.4 is 10.1 Å². The van der Waals surface area contributed by atoms with Gasteiger partial charge in [0.25, 0.3) is 5.91 Å². The Morgan fingerprint density at radius 2 is 2.15 bits per heavy atom. The molecule has 0 aliphatic heterocycles. The highest BCUT2D eigenvalue weighted by Gasteiger charge is 2.23. The van der Waals surface area contributed by atoms with Crippen LogP contribution in [0.2, 0.25) is 0 Å². The van der Waals surface area contributed by atoms with Crippen LogP contribution in [0.5, 0.6) is 5.75 Å². The maximum atomic E-state index is 12.0. The molecule has 0 unspecified atom stereocenters. The average Bonchev–Trinajstić information content (AvgIpc) is 2.43. The van der Waals surface area contributed by atoms with E-state index in [1.807, 2.05) is 0 Å². The van der Waals surface area contributed by atoms with E-state index in [1.165, 1.54) is 6.20 Å². The van der Waals surface area contributed by atoms with Gasteiger partial charge in [0.05, 0.1) is 13.2 Å². The maximum absolute atomic E-state index is 12.0. The standard InChI is InChI=1S/C13H18N2O5/c1-3-19-8-9(13(17)18)15-12(16)11-10(20-4-2)6-5-7-14-11/h5-7,9H,3-4,8H2,1-2H3,(H,15,16)(H,17,18)/t9-/m0/s1. The molecule has 7 nitrogen and oxygen atoms in total. The van der Waals surface area contributed by atoms with Crippen molar-refractivity contribution < 1.29 is 24.2 Å². The highest BCUT2D eigenvalue weighted by atomic mass is 16.5. The first kappa shape index (κ1) is 15.9.